The third kappa shape index (κ3) is 6.92. The second-order valence-electron chi connectivity index (χ2n) is 9.24. The zero-order valence-electron chi connectivity index (χ0n) is 21.1. The van der Waals surface area contributed by atoms with Crippen LogP contribution < -0.4 is 18.9 Å². The molecule has 0 saturated heterocycles. The highest BCUT2D eigenvalue weighted by atomic mass is 32.2. The lowest BCUT2D eigenvalue weighted by molar-refractivity contribution is 0.0529. The van der Waals surface area contributed by atoms with E-state index < -0.39 is 22.7 Å². The van der Waals surface area contributed by atoms with E-state index in [0.717, 1.165) is 5.56 Å². The van der Waals surface area contributed by atoms with Crippen LogP contribution in [0.3, 0.4) is 0 Å². The first kappa shape index (κ1) is 27.8. The van der Waals surface area contributed by atoms with Crippen molar-refractivity contribution in [1.29, 1.82) is 5.26 Å². The molecule has 196 valence electrons. The van der Waals surface area contributed by atoms with Gasteiger partial charge in [0.05, 0.1) is 35.9 Å². The van der Waals surface area contributed by atoms with Crippen molar-refractivity contribution in [2.24, 2.45) is 0 Å². The molecule has 0 saturated carbocycles. The van der Waals surface area contributed by atoms with Gasteiger partial charge in [0, 0.05) is 6.07 Å². The predicted octanol–water partition coefficient (Wildman–Crippen LogP) is 4.19. The van der Waals surface area contributed by atoms with E-state index in [1.807, 2.05) is 26.8 Å². The van der Waals surface area contributed by atoms with E-state index in [9.17, 15) is 18.8 Å². The monoisotopic (exact) mass is 526 g/mol. The quantitative estimate of drug-likeness (QED) is 0.358. The molecular formula is C27H30N2O7S. The SMILES string of the molecule is COc1ccccc1Oc1c(NS(=O)(=O)c2ccc(C(C)(C)C)cc2)cc(C#N)cc1OCC(O)CO. The largest absolute Gasteiger partial charge is 0.493 e. The summed E-state index contributed by atoms with van der Waals surface area (Å²) in [5.74, 6) is 0.568. The summed E-state index contributed by atoms with van der Waals surface area (Å²) in [5, 5.41) is 28.5. The number of aliphatic hydroxyl groups is 2. The van der Waals surface area contributed by atoms with Crippen LogP contribution in [0, 0.1) is 11.3 Å². The molecule has 0 amide bonds. The van der Waals surface area contributed by atoms with E-state index in [1.54, 1.807) is 36.4 Å². The number of sulfonamides is 1. The van der Waals surface area contributed by atoms with Gasteiger partial charge in [0.1, 0.15) is 12.7 Å². The Kier molecular flexibility index (Phi) is 8.65. The summed E-state index contributed by atoms with van der Waals surface area (Å²) in [5.41, 5.74) is 0.842. The van der Waals surface area contributed by atoms with Crippen LogP contribution in [-0.2, 0) is 15.4 Å². The van der Waals surface area contributed by atoms with Crippen molar-refractivity contribution in [3.05, 3.63) is 71.8 Å². The number of rotatable bonds is 10. The molecule has 0 aliphatic carbocycles. The van der Waals surface area contributed by atoms with Gasteiger partial charge in [-0.3, -0.25) is 4.72 Å². The van der Waals surface area contributed by atoms with Crippen molar-refractivity contribution in [3.8, 4) is 29.1 Å². The highest BCUT2D eigenvalue weighted by Gasteiger charge is 2.23. The summed E-state index contributed by atoms with van der Waals surface area (Å²) in [6, 6.07) is 17.9. The van der Waals surface area contributed by atoms with Crippen molar-refractivity contribution in [3.63, 3.8) is 0 Å². The summed E-state index contributed by atoms with van der Waals surface area (Å²) in [6.45, 7) is 5.20. The Labute approximate surface area is 216 Å². The molecule has 0 radical (unpaired) electrons. The van der Waals surface area contributed by atoms with E-state index in [0.29, 0.717) is 5.75 Å². The number of hydrogen-bond acceptors (Lipinski definition) is 8. The number of methoxy groups -OCH3 is 1. The zero-order chi connectivity index (χ0) is 27.2. The fraction of sp³-hybridized carbons (Fsp3) is 0.296. The van der Waals surface area contributed by atoms with Crippen LogP contribution in [0.4, 0.5) is 5.69 Å². The molecule has 3 N–H and O–H groups in total. The van der Waals surface area contributed by atoms with E-state index in [4.69, 9.17) is 19.3 Å². The van der Waals surface area contributed by atoms with Gasteiger partial charge in [-0.05, 0) is 41.3 Å². The normalized spacial score (nSPS) is 12.4. The van der Waals surface area contributed by atoms with E-state index in [2.05, 4.69) is 4.72 Å². The Balaban J connectivity index is 2.10. The smallest absolute Gasteiger partial charge is 0.262 e. The zero-order valence-corrected chi connectivity index (χ0v) is 21.9. The van der Waals surface area contributed by atoms with Gasteiger partial charge in [-0.1, -0.05) is 45.0 Å². The van der Waals surface area contributed by atoms with Gasteiger partial charge in [0.25, 0.3) is 10.0 Å². The Morgan fingerprint density at radius 2 is 1.68 bits per heavy atom. The van der Waals surface area contributed by atoms with Gasteiger partial charge in [-0.25, -0.2) is 8.42 Å². The maximum Gasteiger partial charge on any atom is 0.262 e. The number of para-hydroxylation sites is 2. The second-order valence-corrected chi connectivity index (χ2v) is 10.9. The molecule has 0 fully saturated rings. The van der Waals surface area contributed by atoms with Gasteiger partial charge in [0.15, 0.2) is 23.0 Å². The average molecular weight is 527 g/mol. The maximum atomic E-state index is 13.3. The molecule has 9 nitrogen and oxygen atoms in total. The number of nitrogens with one attached hydrogen (secondary N) is 1. The number of nitriles is 1. The van der Waals surface area contributed by atoms with Crippen LogP contribution in [0.2, 0.25) is 0 Å². The minimum absolute atomic E-state index is 0.0155. The lowest BCUT2D eigenvalue weighted by atomic mass is 9.87. The first-order chi connectivity index (χ1) is 17.5. The Hall–Kier alpha value is -3.78. The van der Waals surface area contributed by atoms with Crippen LogP contribution in [0.1, 0.15) is 31.9 Å². The third-order valence-corrected chi connectivity index (χ3v) is 6.76. The number of anilines is 1. The van der Waals surface area contributed by atoms with Crippen LogP contribution >= 0.6 is 0 Å². The van der Waals surface area contributed by atoms with Crippen LogP contribution in [0.15, 0.2) is 65.6 Å². The molecule has 0 bridgehead atoms. The second kappa shape index (κ2) is 11.5. The van der Waals surface area contributed by atoms with Crippen molar-refractivity contribution in [1.82, 2.24) is 0 Å². The summed E-state index contributed by atoms with van der Waals surface area (Å²) >= 11 is 0. The lowest BCUT2D eigenvalue weighted by Crippen LogP contribution is -2.21. The van der Waals surface area contributed by atoms with Gasteiger partial charge < -0.3 is 24.4 Å². The van der Waals surface area contributed by atoms with Crippen molar-refractivity contribution < 1.29 is 32.8 Å². The highest BCUT2D eigenvalue weighted by molar-refractivity contribution is 7.92. The van der Waals surface area contributed by atoms with E-state index in [1.165, 1.54) is 31.4 Å². The number of aliphatic hydroxyl groups excluding tert-OH is 2. The minimum Gasteiger partial charge on any atom is -0.493 e. The molecule has 3 rings (SSSR count). The maximum absolute atomic E-state index is 13.3. The molecular weight excluding hydrogens is 496 g/mol. The fourth-order valence-corrected chi connectivity index (χ4v) is 4.40. The van der Waals surface area contributed by atoms with Gasteiger partial charge >= 0.3 is 0 Å². The van der Waals surface area contributed by atoms with Crippen molar-refractivity contribution in [2.75, 3.05) is 25.0 Å². The highest BCUT2D eigenvalue weighted by Crippen LogP contribution is 2.43. The number of ether oxygens (including phenoxy) is 3. The molecule has 1 unspecified atom stereocenters. The fourth-order valence-electron chi connectivity index (χ4n) is 3.34. The Bertz CT molecular complexity index is 1380. The summed E-state index contributed by atoms with van der Waals surface area (Å²) in [7, 11) is -2.64. The molecule has 0 spiro atoms. The minimum atomic E-state index is -4.10. The lowest BCUT2D eigenvalue weighted by Gasteiger charge is -2.21. The molecule has 0 aromatic heterocycles. The molecule has 1 atom stereocenters. The number of benzene rings is 3. The summed E-state index contributed by atoms with van der Waals surface area (Å²) < 4.78 is 46.2. The third-order valence-electron chi connectivity index (χ3n) is 5.38. The van der Waals surface area contributed by atoms with Gasteiger partial charge in [-0.15, -0.1) is 0 Å². The molecule has 3 aromatic rings. The topological polar surface area (TPSA) is 138 Å². The molecule has 10 heteroatoms. The number of hydrogen-bond donors (Lipinski definition) is 3. The summed E-state index contributed by atoms with van der Waals surface area (Å²) in [6.07, 6.45) is -1.20. The molecule has 0 aliphatic rings. The Morgan fingerprint density at radius 3 is 2.24 bits per heavy atom. The first-order valence-corrected chi connectivity index (χ1v) is 12.9. The van der Waals surface area contributed by atoms with E-state index >= 15 is 0 Å². The first-order valence-electron chi connectivity index (χ1n) is 11.4. The Morgan fingerprint density at radius 1 is 1.03 bits per heavy atom. The molecule has 37 heavy (non-hydrogen) atoms. The average Bonchev–Trinajstić information content (AvgIpc) is 2.88. The summed E-state index contributed by atoms with van der Waals surface area (Å²) in [4.78, 5) is 0.0178. The van der Waals surface area contributed by atoms with Crippen molar-refractivity contribution >= 4 is 15.7 Å². The number of nitrogens with zero attached hydrogens (tertiary/aromatic N) is 1. The standard InChI is InChI=1S/C27H30N2O7S/c1-27(2,3)19-9-11-21(12-10-19)37(32,33)29-22-13-18(15-28)14-25(35-17-20(31)16-30)26(22)36-24-8-6-5-7-23(24)34-4/h5-14,20,29-31H,16-17H2,1-4H3. The van der Waals surface area contributed by atoms with Gasteiger partial charge in [0.2, 0.25) is 0 Å². The molecule has 0 heterocycles. The van der Waals surface area contributed by atoms with Crippen LogP contribution in [0.5, 0.6) is 23.0 Å². The molecule has 0 aliphatic heterocycles. The van der Waals surface area contributed by atoms with Crippen LogP contribution in [-0.4, -0.2) is 45.1 Å². The van der Waals surface area contributed by atoms with Crippen molar-refractivity contribution in [2.45, 2.75) is 37.2 Å². The molecule has 3 aromatic carbocycles. The predicted molar refractivity (Wildman–Crippen MR) is 139 cm³/mol. The van der Waals surface area contributed by atoms with Crippen LogP contribution in [0.25, 0.3) is 0 Å². The van der Waals surface area contributed by atoms with Gasteiger partial charge in [-0.2, -0.15) is 5.26 Å². The van der Waals surface area contributed by atoms with E-state index in [-0.39, 0.29) is 45.4 Å².